The Bertz CT molecular complexity index is 620. The van der Waals surface area contributed by atoms with Gasteiger partial charge in [0.25, 0.3) is 0 Å². The molecule has 1 aliphatic heterocycles. The standard InChI is InChI=1S/C21H32N4O/c26-20(12-11-16-7-2-3-8-16)23-18-9-6-10-19-17(18)15-22-21(24-19)25-13-4-1-5-14-25/h15-16,18H,1-14H2,(H,23,26). The molecule has 0 bridgehead atoms. The minimum absolute atomic E-state index is 0.102. The van der Waals surface area contributed by atoms with Crippen molar-refractivity contribution < 1.29 is 4.79 Å². The van der Waals surface area contributed by atoms with E-state index in [1.54, 1.807) is 0 Å². The molecule has 5 heteroatoms. The smallest absolute Gasteiger partial charge is 0.225 e. The van der Waals surface area contributed by atoms with E-state index in [1.165, 1.54) is 44.9 Å². The second-order valence-corrected chi connectivity index (χ2v) is 8.32. The first-order valence-corrected chi connectivity index (χ1v) is 10.7. The topological polar surface area (TPSA) is 58.1 Å². The second-order valence-electron chi connectivity index (χ2n) is 8.32. The van der Waals surface area contributed by atoms with Gasteiger partial charge in [-0.2, -0.15) is 0 Å². The molecule has 142 valence electrons. The lowest BCUT2D eigenvalue weighted by Gasteiger charge is -2.30. The summed E-state index contributed by atoms with van der Waals surface area (Å²) in [7, 11) is 0. The summed E-state index contributed by atoms with van der Waals surface area (Å²) in [6.07, 6.45) is 15.9. The summed E-state index contributed by atoms with van der Waals surface area (Å²) < 4.78 is 0. The number of carbonyl (C=O) groups is 1. The zero-order valence-electron chi connectivity index (χ0n) is 15.9. The highest BCUT2D eigenvalue weighted by molar-refractivity contribution is 5.76. The van der Waals surface area contributed by atoms with Crippen LogP contribution in [0.4, 0.5) is 5.95 Å². The van der Waals surface area contributed by atoms with E-state index in [9.17, 15) is 4.79 Å². The van der Waals surface area contributed by atoms with Crippen LogP contribution >= 0.6 is 0 Å². The largest absolute Gasteiger partial charge is 0.349 e. The average Bonchev–Trinajstić information content (AvgIpc) is 3.21. The fourth-order valence-corrected chi connectivity index (χ4v) is 4.83. The molecule has 2 aliphatic carbocycles. The lowest BCUT2D eigenvalue weighted by molar-refractivity contribution is -0.122. The maximum Gasteiger partial charge on any atom is 0.225 e. The predicted octanol–water partition coefficient (Wildman–Crippen LogP) is 3.93. The van der Waals surface area contributed by atoms with E-state index >= 15 is 0 Å². The molecule has 0 spiro atoms. The minimum Gasteiger partial charge on any atom is -0.349 e. The van der Waals surface area contributed by atoms with Crippen LogP contribution in [0.5, 0.6) is 0 Å². The monoisotopic (exact) mass is 356 g/mol. The van der Waals surface area contributed by atoms with E-state index in [4.69, 9.17) is 4.98 Å². The molecule has 5 nitrogen and oxygen atoms in total. The van der Waals surface area contributed by atoms with E-state index < -0.39 is 0 Å². The molecule has 1 saturated heterocycles. The number of hydrogen-bond acceptors (Lipinski definition) is 4. The van der Waals surface area contributed by atoms with E-state index in [-0.39, 0.29) is 11.9 Å². The summed E-state index contributed by atoms with van der Waals surface area (Å²) in [6.45, 7) is 2.14. The van der Waals surface area contributed by atoms with E-state index in [0.717, 1.165) is 61.9 Å². The van der Waals surface area contributed by atoms with Crippen LogP contribution in [0.15, 0.2) is 6.20 Å². The summed E-state index contributed by atoms with van der Waals surface area (Å²) in [5, 5.41) is 3.27. The Labute approximate surface area is 157 Å². The zero-order valence-corrected chi connectivity index (χ0v) is 15.9. The summed E-state index contributed by atoms with van der Waals surface area (Å²) in [5.41, 5.74) is 2.29. The third kappa shape index (κ3) is 4.18. The molecule has 1 atom stereocenters. The first kappa shape index (κ1) is 17.7. The van der Waals surface area contributed by atoms with Crippen LogP contribution < -0.4 is 10.2 Å². The Morgan fingerprint density at radius 1 is 1.08 bits per heavy atom. The number of fused-ring (bicyclic) bond motifs is 1. The van der Waals surface area contributed by atoms with Gasteiger partial charge < -0.3 is 10.2 Å². The Morgan fingerprint density at radius 2 is 1.88 bits per heavy atom. The number of rotatable bonds is 5. The molecular weight excluding hydrogens is 324 g/mol. The average molecular weight is 357 g/mol. The van der Waals surface area contributed by atoms with Gasteiger partial charge >= 0.3 is 0 Å². The normalized spacial score (nSPS) is 23.7. The molecule has 26 heavy (non-hydrogen) atoms. The minimum atomic E-state index is 0.102. The van der Waals surface area contributed by atoms with Gasteiger partial charge in [0.05, 0.1) is 11.7 Å². The number of carbonyl (C=O) groups excluding carboxylic acids is 1. The SMILES string of the molecule is O=C(CCC1CCCC1)NC1CCCc2nc(N3CCCCC3)ncc21. The van der Waals surface area contributed by atoms with Crippen LogP contribution in [0.1, 0.15) is 87.9 Å². The number of aryl methyl sites for hydroxylation is 1. The number of nitrogens with one attached hydrogen (secondary N) is 1. The van der Waals surface area contributed by atoms with Crippen molar-refractivity contribution in [1.82, 2.24) is 15.3 Å². The molecule has 0 radical (unpaired) electrons. The number of anilines is 1. The molecule has 4 rings (SSSR count). The van der Waals surface area contributed by atoms with E-state index in [2.05, 4.69) is 15.2 Å². The first-order chi connectivity index (χ1) is 12.8. The summed E-state index contributed by atoms with van der Waals surface area (Å²) in [5.74, 6) is 1.86. The number of nitrogens with zero attached hydrogens (tertiary/aromatic N) is 3. The van der Waals surface area contributed by atoms with E-state index in [1.807, 2.05) is 6.20 Å². The maximum atomic E-state index is 12.4. The van der Waals surface area contributed by atoms with Crippen LogP contribution in [-0.2, 0) is 11.2 Å². The maximum absolute atomic E-state index is 12.4. The van der Waals surface area contributed by atoms with Crippen molar-refractivity contribution in [2.45, 2.75) is 83.1 Å². The number of hydrogen-bond donors (Lipinski definition) is 1. The van der Waals surface area contributed by atoms with Crippen LogP contribution in [0.3, 0.4) is 0 Å². The summed E-state index contributed by atoms with van der Waals surface area (Å²) in [6, 6.07) is 0.102. The quantitative estimate of drug-likeness (QED) is 0.868. The van der Waals surface area contributed by atoms with Gasteiger partial charge in [0.1, 0.15) is 0 Å². The van der Waals surface area contributed by atoms with Crippen LogP contribution in [0.25, 0.3) is 0 Å². The van der Waals surface area contributed by atoms with Gasteiger partial charge in [-0.3, -0.25) is 4.79 Å². The van der Waals surface area contributed by atoms with Crippen molar-refractivity contribution >= 4 is 11.9 Å². The molecular formula is C21H32N4O. The summed E-state index contributed by atoms with van der Waals surface area (Å²) >= 11 is 0. The second kappa shape index (κ2) is 8.36. The predicted molar refractivity (Wildman–Crippen MR) is 103 cm³/mol. The van der Waals surface area contributed by atoms with Crippen molar-refractivity contribution in [2.75, 3.05) is 18.0 Å². The number of aromatic nitrogens is 2. The van der Waals surface area contributed by atoms with Crippen LogP contribution in [-0.4, -0.2) is 29.0 Å². The lowest BCUT2D eigenvalue weighted by Crippen LogP contribution is -2.34. The lowest BCUT2D eigenvalue weighted by atomic mass is 9.92. The molecule has 1 unspecified atom stereocenters. The molecule has 0 aromatic carbocycles. The van der Waals surface area contributed by atoms with Gasteiger partial charge in [-0.25, -0.2) is 9.97 Å². The van der Waals surface area contributed by atoms with Crippen molar-refractivity contribution in [3.63, 3.8) is 0 Å². The fraction of sp³-hybridized carbons (Fsp3) is 0.762. The Kier molecular flexibility index (Phi) is 5.71. The number of piperidine rings is 1. The van der Waals surface area contributed by atoms with Crippen LogP contribution in [0.2, 0.25) is 0 Å². The third-order valence-corrected chi connectivity index (χ3v) is 6.40. The molecule has 1 aromatic rings. The van der Waals surface area contributed by atoms with Crippen molar-refractivity contribution in [3.05, 3.63) is 17.5 Å². The Hall–Kier alpha value is -1.65. The molecule has 1 aromatic heterocycles. The van der Waals surface area contributed by atoms with Gasteiger partial charge in [-0.15, -0.1) is 0 Å². The number of amides is 1. The fourth-order valence-electron chi connectivity index (χ4n) is 4.83. The molecule has 2 heterocycles. The zero-order chi connectivity index (χ0) is 17.8. The highest BCUT2D eigenvalue weighted by atomic mass is 16.1. The Morgan fingerprint density at radius 3 is 2.69 bits per heavy atom. The van der Waals surface area contributed by atoms with Gasteiger partial charge in [0.15, 0.2) is 0 Å². The van der Waals surface area contributed by atoms with Crippen molar-refractivity contribution in [3.8, 4) is 0 Å². The van der Waals surface area contributed by atoms with Crippen molar-refractivity contribution in [1.29, 1.82) is 0 Å². The third-order valence-electron chi connectivity index (χ3n) is 6.40. The van der Waals surface area contributed by atoms with Gasteiger partial charge in [0, 0.05) is 31.3 Å². The van der Waals surface area contributed by atoms with Crippen molar-refractivity contribution in [2.24, 2.45) is 5.92 Å². The molecule has 1 amide bonds. The summed E-state index contributed by atoms with van der Waals surface area (Å²) in [4.78, 5) is 24.3. The Balaban J connectivity index is 1.37. The highest BCUT2D eigenvalue weighted by Gasteiger charge is 2.25. The molecule has 1 saturated carbocycles. The van der Waals surface area contributed by atoms with Gasteiger partial charge in [-0.1, -0.05) is 25.7 Å². The van der Waals surface area contributed by atoms with Crippen LogP contribution in [0, 0.1) is 5.92 Å². The molecule has 1 N–H and O–H groups in total. The molecule has 2 fully saturated rings. The highest BCUT2D eigenvalue weighted by Crippen LogP contribution is 2.31. The van der Waals surface area contributed by atoms with Gasteiger partial charge in [-0.05, 0) is 50.9 Å². The van der Waals surface area contributed by atoms with E-state index in [0.29, 0.717) is 6.42 Å². The van der Waals surface area contributed by atoms with Gasteiger partial charge in [0.2, 0.25) is 11.9 Å². The molecule has 3 aliphatic rings. The first-order valence-electron chi connectivity index (χ1n) is 10.7.